The molecule has 23 heavy (non-hydrogen) atoms. The predicted molar refractivity (Wildman–Crippen MR) is 98.5 cm³/mol. The molecule has 112 valence electrons. The molecule has 0 aromatic heterocycles. The molecule has 3 aromatic carbocycles. The molecule has 1 aliphatic carbocycles. The minimum absolute atomic E-state index is 1.07. The van der Waals surface area contributed by atoms with Crippen molar-refractivity contribution in [3.63, 3.8) is 0 Å². The number of benzene rings is 3. The molecule has 0 amide bonds. The third-order valence-corrected chi connectivity index (χ3v) is 4.77. The van der Waals surface area contributed by atoms with Crippen LogP contribution in [0.4, 0.5) is 0 Å². The summed E-state index contributed by atoms with van der Waals surface area (Å²) in [6.07, 6.45) is 1.07. The van der Waals surface area contributed by atoms with Crippen LogP contribution in [-0.4, -0.2) is 0 Å². The first-order chi connectivity index (χ1) is 11.2. The molecule has 0 saturated carbocycles. The van der Waals surface area contributed by atoms with E-state index >= 15 is 0 Å². The lowest BCUT2D eigenvalue weighted by Gasteiger charge is -2.13. The first kappa shape index (κ1) is 14.0. The van der Waals surface area contributed by atoms with E-state index in [-0.39, 0.29) is 0 Å². The number of rotatable bonds is 2. The second kappa shape index (κ2) is 5.55. The molecule has 0 heteroatoms. The van der Waals surface area contributed by atoms with Crippen molar-refractivity contribution < 1.29 is 0 Å². The minimum Gasteiger partial charge on any atom is -0.0622 e. The van der Waals surface area contributed by atoms with Crippen molar-refractivity contribution in [3.05, 3.63) is 101 Å². The van der Waals surface area contributed by atoms with Gasteiger partial charge in [-0.05, 0) is 59.2 Å². The Labute approximate surface area is 138 Å². The summed E-state index contributed by atoms with van der Waals surface area (Å²) in [5.74, 6) is 0. The maximum atomic E-state index is 2.31. The Morgan fingerprint density at radius 2 is 1.39 bits per heavy atom. The predicted octanol–water partition coefficient (Wildman–Crippen LogP) is 6.04. The topological polar surface area (TPSA) is 0 Å². The summed E-state index contributed by atoms with van der Waals surface area (Å²) >= 11 is 0. The van der Waals surface area contributed by atoms with Gasteiger partial charge >= 0.3 is 0 Å². The molecule has 0 N–H and O–H groups in total. The number of allylic oxidation sites excluding steroid dienone is 1. The van der Waals surface area contributed by atoms with Crippen molar-refractivity contribution in [2.45, 2.75) is 20.3 Å². The van der Waals surface area contributed by atoms with Gasteiger partial charge in [0.15, 0.2) is 0 Å². The van der Waals surface area contributed by atoms with Crippen LogP contribution in [0.15, 0.2) is 78.4 Å². The summed E-state index contributed by atoms with van der Waals surface area (Å²) < 4.78 is 0. The van der Waals surface area contributed by atoms with Crippen LogP contribution in [0.2, 0.25) is 0 Å². The number of hydrogen-bond donors (Lipinski definition) is 0. The summed E-state index contributed by atoms with van der Waals surface area (Å²) in [7, 11) is 0. The highest BCUT2D eigenvalue weighted by Gasteiger charge is 2.20. The Balaban J connectivity index is 1.81. The van der Waals surface area contributed by atoms with Gasteiger partial charge in [-0.25, -0.2) is 0 Å². The highest BCUT2D eigenvalue weighted by molar-refractivity contribution is 5.89. The summed E-state index contributed by atoms with van der Waals surface area (Å²) in [6, 6.07) is 26.2. The third-order valence-electron chi connectivity index (χ3n) is 4.77. The zero-order chi connectivity index (χ0) is 15.8. The summed E-state index contributed by atoms with van der Waals surface area (Å²) in [4.78, 5) is 0. The number of fused-ring (bicyclic) bond motifs is 1. The van der Waals surface area contributed by atoms with E-state index in [1.54, 1.807) is 0 Å². The molecule has 0 bridgehead atoms. The van der Waals surface area contributed by atoms with E-state index in [0.29, 0.717) is 0 Å². The van der Waals surface area contributed by atoms with Gasteiger partial charge < -0.3 is 0 Å². The molecular weight excluding hydrogens is 276 g/mol. The molecule has 0 atom stereocenters. The maximum absolute atomic E-state index is 2.31. The largest absolute Gasteiger partial charge is 0.0622 e. The Kier molecular flexibility index (Phi) is 3.38. The molecule has 0 radical (unpaired) electrons. The minimum atomic E-state index is 1.07. The highest BCUT2D eigenvalue weighted by Crippen LogP contribution is 2.39. The lowest BCUT2D eigenvalue weighted by molar-refractivity contribution is 1.19. The Bertz CT molecular complexity index is 898. The molecule has 4 rings (SSSR count). The van der Waals surface area contributed by atoms with E-state index in [0.717, 1.165) is 6.42 Å². The molecule has 0 saturated heterocycles. The fourth-order valence-electron chi connectivity index (χ4n) is 3.65. The Hall–Kier alpha value is -2.60. The quantitative estimate of drug-likeness (QED) is 0.541. The fourth-order valence-corrected chi connectivity index (χ4v) is 3.65. The Morgan fingerprint density at radius 3 is 2.17 bits per heavy atom. The van der Waals surface area contributed by atoms with Crippen LogP contribution in [0.3, 0.4) is 0 Å². The zero-order valence-electron chi connectivity index (χ0n) is 13.6. The molecule has 0 nitrogen and oxygen atoms in total. The number of aryl methyl sites for hydroxylation is 1. The first-order valence-corrected chi connectivity index (χ1v) is 8.18. The standard InChI is InChI=1S/C23H20/c1-16-14-19(18-8-4-3-5-9-18)12-13-21(16)23-17(2)15-20-10-6-7-11-22(20)23/h3-14H,15H2,1-2H3. The van der Waals surface area contributed by atoms with Gasteiger partial charge in [-0.15, -0.1) is 0 Å². The number of hydrogen-bond acceptors (Lipinski definition) is 0. The van der Waals surface area contributed by atoms with E-state index in [9.17, 15) is 0 Å². The lowest BCUT2D eigenvalue weighted by atomic mass is 9.92. The summed E-state index contributed by atoms with van der Waals surface area (Å²) in [5, 5.41) is 0. The molecule has 0 heterocycles. The van der Waals surface area contributed by atoms with Crippen LogP contribution in [0.1, 0.15) is 29.2 Å². The monoisotopic (exact) mass is 296 g/mol. The van der Waals surface area contributed by atoms with E-state index in [1.807, 2.05) is 0 Å². The van der Waals surface area contributed by atoms with Crippen LogP contribution in [0.25, 0.3) is 16.7 Å². The summed E-state index contributed by atoms with van der Waals surface area (Å²) in [6.45, 7) is 4.49. The molecule has 0 aliphatic heterocycles. The molecule has 1 aliphatic rings. The van der Waals surface area contributed by atoms with Crippen molar-refractivity contribution in [2.24, 2.45) is 0 Å². The normalized spacial score (nSPS) is 13.3. The average Bonchev–Trinajstić information content (AvgIpc) is 2.91. The lowest BCUT2D eigenvalue weighted by Crippen LogP contribution is -1.92. The maximum Gasteiger partial charge on any atom is -0.00543 e. The van der Waals surface area contributed by atoms with E-state index in [1.165, 1.54) is 44.5 Å². The van der Waals surface area contributed by atoms with Crippen LogP contribution < -0.4 is 0 Å². The molecule has 0 fully saturated rings. The fraction of sp³-hybridized carbons (Fsp3) is 0.130. The van der Waals surface area contributed by atoms with Crippen molar-refractivity contribution in [3.8, 4) is 11.1 Å². The Morgan fingerprint density at radius 1 is 0.652 bits per heavy atom. The molecular formula is C23H20. The van der Waals surface area contributed by atoms with E-state index < -0.39 is 0 Å². The third kappa shape index (κ3) is 2.41. The highest BCUT2D eigenvalue weighted by atomic mass is 14.2. The second-order valence-electron chi connectivity index (χ2n) is 6.38. The molecule has 3 aromatic rings. The second-order valence-corrected chi connectivity index (χ2v) is 6.38. The van der Waals surface area contributed by atoms with Gasteiger partial charge in [0.2, 0.25) is 0 Å². The smallest absolute Gasteiger partial charge is 0.00543 e. The van der Waals surface area contributed by atoms with E-state index in [2.05, 4.69) is 86.6 Å². The van der Waals surface area contributed by atoms with Crippen molar-refractivity contribution >= 4 is 5.57 Å². The van der Waals surface area contributed by atoms with Crippen LogP contribution in [0.5, 0.6) is 0 Å². The van der Waals surface area contributed by atoms with Crippen LogP contribution in [0, 0.1) is 6.92 Å². The van der Waals surface area contributed by atoms with Gasteiger partial charge in [-0.2, -0.15) is 0 Å². The van der Waals surface area contributed by atoms with Gasteiger partial charge in [0, 0.05) is 0 Å². The molecule has 0 spiro atoms. The molecule has 0 unspecified atom stereocenters. The van der Waals surface area contributed by atoms with Gasteiger partial charge in [-0.1, -0.05) is 78.4 Å². The summed E-state index contributed by atoms with van der Waals surface area (Å²) in [5.41, 5.74) is 11.0. The zero-order valence-corrected chi connectivity index (χ0v) is 13.6. The van der Waals surface area contributed by atoms with Crippen LogP contribution >= 0.6 is 0 Å². The van der Waals surface area contributed by atoms with E-state index in [4.69, 9.17) is 0 Å². The van der Waals surface area contributed by atoms with Crippen LogP contribution in [-0.2, 0) is 6.42 Å². The average molecular weight is 296 g/mol. The van der Waals surface area contributed by atoms with Crippen molar-refractivity contribution in [1.82, 2.24) is 0 Å². The van der Waals surface area contributed by atoms with Gasteiger partial charge in [0.05, 0.1) is 0 Å². The van der Waals surface area contributed by atoms with Gasteiger partial charge in [0.1, 0.15) is 0 Å². The van der Waals surface area contributed by atoms with Gasteiger partial charge in [-0.3, -0.25) is 0 Å². The SMILES string of the molecule is CC1=C(c2ccc(-c3ccccc3)cc2C)c2ccccc2C1. The van der Waals surface area contributed by atoms with Crippen molar-refractivity contribution in [2.75, 3.05) is 0 Å². The van der Waals surface area contributed by atoms with Gasteiger partial charge in [0.25, 0.3) is 0 Å². The van der Waals surface area contributed by atoms with Crippen molar-refractivity contribution in [1.29, 1.82) is 0 Å². The first-order valence-electron chi connectivity index (χ1n) is 8.18.